The van der Waals surface area contributed by atoms with Gasteiger partial charge in [0.15, 0.2) is 0 Å². The van der Waals surface area contributed by atoms with Crippen LogP contribution in [0.5, 0.6) is 0 Å². The predicted octanol–water partition coefficient (Wildman–Crippen LogP) is 0.280. The molecule has 0 aromatic carbocycles. The van der Waals surface area contributed by atoms with Gasteiger partial charge in [0.25, 0.3) is 0 Å². The van der Waals surface area contributed by atoms with Gasteiger partial charge in [-0.1, -0.05) is 0 Å². The molecule has 2 bridgehead atoms. The van der Waals surface area contributed by atoms with Crippen molar-refractivity contribution in [1.82, 2.24) is 10.2 Å². The number of methoxy groups -OCH3 is 1. The van der Waals surface area contributed by atoms with Crippen LogP contribution in [0.15, 0.2) is 0 Å². The van der Waals surface area contributed by atoms with E-state index in [4.69, 9.17) is 9.47 Å². The van der Waals surface area contributed by atoms with Gasteiger partial charge in [-0.2, -0.15) is 0 Å². The number of halogens is 1. The van der Waals surface area contributed by atoms with Crippen LogP contribution in [0.1, 0.15) is 12.8 Å². The Morgan fingerprint density at radius 3 is 2.53 bits per heavy atom. The molecule has 0 radical (unpaired) electrons. The number of nitrogens with one attached hydrogen (secondary N) is 1. The fourth-order valence-corrected chi connectivity index (χ4v) is 3.64. The molecule has 3 aliphatic heterocycles. The molecule has 1 N–H and O–H groups in total. The number of likely N-dealkylation sites (tertiary alicyclic amines) is 1. The van der Waals surface area contributed by atoms with Gasteiger partial charge in [0.2, 0.25) is 5.91 Å². The highest BCUT2D eigenvalue weighted by atomic mass is 35.5. The third-order valence-corrected chi connectivity index (χ3v) is 4.56. The first-order chi connectivity index (χ1) is 8.79. The maximum atomic E-state index is 12.1. The lowest BCUT2D eigenvalue weighted by Gasteiger charge is -2.19. The normalized spacial score (nSPS) is 35.3. The molecule has 0 spiro atoms. The van der Waals surface area contributed by atoms with Crippen LogP contribution in [-0.2, 0) is 14.3 Å². The molecule has 3 aliphatic rings. The van der Waals surface area contributed by atoms with E-state index in [2.05, 4.69) is 5.32 Å². The smallest absolute Gasteiger partial charge is 0.236 e. The predicted molar refractivity (Wildman–Crippen MR) is 73.4 cm³/mol. The quantitative estimate of drug-likeness (QED) is 0.739. The molecule has 1 amide bonds. The van der Waals surface area contributed by atoms with Crippen LogP contribution in [0.2, 0.25) is 0 Å². The highest BCUT2D eigenvalue weighted by molar-refractivity contribution is 5.85. The van der Waals surface area contributed by atoms with E-state index in [1.165, 1.54) is 12.8 Å². The molecule has 4 unspecified atom stereocenters. The van der Waals surface area contributed by atoms with E-state index in [1.807, 2.05) is 4.90 Å². The Kier molecular flexibility index (Phi) is 5.06. The maximum absolute atomic E-state index is 12.1. The average Bonchev–Trinajstić information content (AvgIpc) is 3.04. The van der Waals surface area contributed by atoms with Crippen molar-refractivity contribution in [1.29, 1.82) is 0 Å². The van der Waals surface area contributed by atoms with Crippen molar-refractivity contribution in [2.75, 3.05) is 39.9 Å². The number of amides is 1. The number of hydrogen-bond donors (Lipinski definition) is 1. The van der Waals surface area contributed by atoms with Crippen LogP contribution in [0.4, 0.5) is 0 Å². The standard InChI is InChI=1S/C13H22N2O3.ClH/c1-17-5-4-14-6-13(16)15-7-9-10(8-15)12-3-2-11(9)18-12;/h9-12,14H,2-8H2,1H3;1H. The third kappa shape index (κ3) is 2.89. The second-order valence-electron chi connectivity index (χ2n) is 5.59. The van der Waals surface area contributed by atoms with Gasteiger partial charge in [-0.15, -0.1) is 12.4 Å². The Labute approximate surface area is 120 Å². The van der Waals surface area contributed by atoms with Crippen LogP contribution in [-0.4, -0.2) is 62.9 Å². The lowest BCUT2D eigenvalue weighted by Crippen LogP contribution is -2.39. The summed E-state index contributed by atoms with van der Waals surface area (Å²) < 4.78 is 10.9. The Bertz CT molecular complexity index is 311. The number of nitrogens with zero attached hydrogens (tertiary/aromatic N) is 1. The van der Waals surface area contributed by atoms with Crippen LogP contribution < -0.4 is 5.32 Å². The van der Waals surface area contributed by atoms with Crippen LogP contribution in [0.25, 0.3) is 0 Å². The minimum absolute atomic E-state index is 0. The Morgan fingerprint density at radius 2 is 1.95 bits per heavy atom. The minimum Gasteiger partial charge on any atom is -0.383 e. The van der Waals surface area contributed by atoms with E-state index in [0.29, 0.717) is 37.2 Å². The van der Waals surface area contributed by atoms with Crippen LogP contribution in [0, 0.1) is 11.8 Å². The zero-order valence-electron chi connectivity index (χ0n) is 11.3. The molecule has 4 atom stereocenters. The van der Waals surface area contributed by atoms with Gasteiger partial charge in [-0.25, -0.2) is 0 Å². The van der Waals surface area contributed by atoms with Gasteiger partial charge < -0.3 is 19.7 Å². The van der Waals surface area contributed by atoms with Crippen molar-refractivity contribution in [3.8, 4) is 0 Å². The molecule has 3 rings (SSSR count). The largest absolute Gasteiger partial charge is 0.383 e. The summed E-state index contributed by atoms with van der Waals surface area (Å²) in [4.78, 5) is 14.1. The van der Waals surface area contributed by atoms with Crippen LogP contribution in [0.3, 0.4) is 0 Å². The SMILES string of the molecule is COCCNCC(=O)N1CC2C3CCC(O3)C2C1.Cl. The van der Waals surface area contributed by atoms with E-state index >= 15 is 0 Å². The molecule has 3 fully saturated rings. The molecule has 0 aromatic heterocycles. The summed E-state index contributed by atoms with van der Waals surface area (Å²) in [6, 6.07) is 0. The van der Waals surface area contributed by atoms with Crippen molar-refractivity contribution in [3.05, 3.63) is 0 Å². The number of hydrogen-bond acceptors (Lipinski definition) is 4. The second kappa shape index (κ2) is 6.39. The van der Waals surface area contributed by atoms with Gasteiger partial charge in [-0.3, -0.25) is 4.79 Å². The fraction of sp³-hybridized carbons (Fsp3) is 0.923. The number of fused-ring (bicyclic) bond motifs is 5. The van der Waals surface area contributed by atoms with Gasteiger partial charge in [-0.05, 0) is 12.8 Å². The van der Waals surface area contributed by atoms with Gasteiger partial charge in [0.05, 0.1) is 25.4 Å². The first-order valence-electron chi connectivity index (χ1n) is 6.92. The lowest BCUT2D eigenvalue weighted by atomic mass is 9.82. The molecule has 0 saturated carbocycles. The molecule has 6 heteroatoms. The Morgan fingerprint density at radius 1 is 1.32 bits per heavy atom. The van der Waals surface area contributed by atoms with Crippen molar-refractivity contribution < 1.29 is 14.3 Å². The summed E-state index contributed by atoms with van der Waals surface area (Å²) in [6.45, 7) is 3.61. The summed E-state index contributed by atoms with van der Waals surface area (Å²) in [5.41, 5.74) is 0. The average molecular weight is 291 g/mol. The molecule has 5 nitrogen and oxygen atoms in total. The Balaban J connectivity index is 0.00000133. The number of carbonyl (C=O) groups excluding carboxylic acids is 1. The van der Waals surface area contributed by atoms with Crippen molar-refractivity contribution in [3.63, 3.8) is 0 Å². The van der Waals surface area contributed by atoms with E-state index < -0.39 is 0 Å². The lowest BCUT2D eigenvalue weighted by molar-refractivity contribution is -0.130. The molecule has 3 heterocycles. The van der Waals surface area contributed by atoms with Crippen molar-refractivity contribution >= 4 is 18.3 Å². The first-order valence-corrected chi connectivity index (χ1v) is 6.92. The van der Waals surface area contributed by atoms with Crippen LogP contribution >= 0.6 is 12.4 Å². The highest BCUT2D eigenvalue weighted by Crippen LogP contribution is 2.47. The highest BCUT2D eigenvalue weighted by Gasteiger charge is 2.53. The Hall–Kier alpha value is -0.360. The molecule has 110 valence electrons. The summed E-state index contributed by atoms with van der Waals surface area (Å²) in [5, 5.41) is 3.12. The van der Waals surface area contributed by atoms with E-state index in [9.17, 15) is 4.79 Å². The number of rotatable bonds is 5. The van der Waals surface area contributed by atoms with Crippen molar-refractivity contribution in [2.24, 2.45) is 11.8 Å². The fourth-order valence-electron chi connectivity index (χ4n) is 3.64. The van der Waals surface area contributed by atoms with E-state index in [1.54, 1.807) is 7.11 Å². The number of carbonyl (C=O) groups is 1. The van der Waals surface area contributed by atoms with E-state index in [-0.39, 0.29) is 18.3 Å². The van der Waals surface area contributed by atoms with Gasteiger partial charge in [0, 0.05) is 38.6 Å². The number of ether oxygens (including phenoxy) is 2. The summed E-state index contributed by atoms with van der Waals surface area (Å²) >= 11 is 0. The zero-order chi connectivity index (χ0) is 12.5. The third-order valence-electron chi connectivity index (χ3n) is 4.56. The summed E-state index contributed by atoms with van der Waals surface area (Å²) in [7, 11) is 1.67. The molecule has 3 saturated heterocycles. The zero-order valence-corrected chi connectivity index (χ0v) is 12.2. The van der Waals surface area contributed by atoms with Crippen molar-refractivity contribution in [2.45, 2.75) is 25.0 Å². The first kappa shape index (κ1) is 15.0. The summed E-state index contributed by atoms with van der Waals surface area (Å²) in [6.07, 6.45) is 3.25. The van der Waals surface area contributed by atoms with Gasteiger partial charge in [0.1, 0.15) is 0 Å². The maximum Gasteiger partial charge on any atom is 0.236 e. The molecule has 19 heavy (non-hydrogen) atoms. The second-order valence-corrected chi connectivity index (χ2v) is 5.59. The monoisotopic (exact) mass is 290 g/mol. The molecular weight excluding hydrogens is 268 g/mol. The topological polar surface area (TPSA) is 50.8 Å². The van der Waals surface area contributed by atoms with Gasteiger partial charge >= 0.3 is 0 Å². The minimum atomic E-state index is 0. The van der Waals surface area contributed by atoms with E-state index in [0.717, 1.165) is 19.6 Å². The molecular formula is C13H23ClN2O3. The summed E-state index contributed by atoms with van der Waals surface area (Å²) in [5.74, 6) is 1.43. The molecule has 0 aliphatic carbocycles. The molecule has 0 aromatic rings.